The number of carbonyl (C=O) groups is 2. The second-order valence-electron chi connectivity index (χ2n) is 3.72. The molecule has 2 aromatic rings. The average molecular weight is 261 g/mol. The summed E-state index contributed by atoms with van der Waals surface area (Å²) in [6, 6.07) is 6.60. The molecule has 2 rings (SSSR count). The Morgan fingerprint density at radius 3 is 2.74 bits per heavy atom. The van der Waals surface area contributed by atoms with Gasteiger partial charge in [-0.15, -0.1) is 5.10 Å². The number of primary amides is 1. The van der Waals surface area contributed by atoms with Crippen LogP contribution in [-0.4, -0.2) is 38.2 Å². The molecule has 1 amide bonds. The molecular weight excluding hydrogens is 250 g/mol. The third-order valence-corrected chi connectivity index (χ3v) is 2.40. The van der Waals surface area contributed by atoms with Gasteiger partial charge in [0.15, 0.2) is 6.10 Å². The molecule has 0 aliphatic heterocycles. The van der Waals surface area contributed by atoms with Crippen molar-refractivity contribution in [3.8, 4) is 5.69 Å². The van der Waals surface area contributed by atoms with E-state index < -0.39 is 18.0 Å². The summed E-state index contributed by atoms with van der Waals surface area (Å²) >= 11 is 0. The lowest BCUT2D eigenvalue weighted by Crippen LogP contribution is -2.30. The summed E-state index contributed by atoms with van der Waals surface area (Å²) in [5, 5.41) is 10.7. The fourth-order valence-corrected chi connectivity index (χ4v) is 1.40. The number of hydrogen-bond donors (Lipinski definition) is 1. The number of hydrogen-bond acceptors (Lipinski definition) is 6. The topological polar surface area (TPSA) is 113 Å². The summed E-state index contributed by atoms with van der Waals surface area (Å²) in [5.41, 5.74) is 5.73. The zero-order chi connectivity index (χ0) is 13.8. The molecule has 0 saturated heterocycles. The van der Waals surface area contributed by atoms with Crippen LogP contribution in [0, 0.1) is 0 Å². The fourth-order valence-electron chi connectivity index (χ4n) is 1.40. The lowest BCUT2D eigenvalue weighted by molar-refractivity contribution is -0.125. The molecule has 2 N–H and O–H groups in total. The molecule has 1 aromatic heterocycles. The van der Waals surface area contributed by atoms with Gasteiger partial charge in [0, 0.05) is 0 Å². The molecule has 0 aliphatic rings. The zero-order valence-electron chi connectivity index (χ0n) is 10.1. The number of nitrogens with two attached hydrogens (primary N) is 1. The predicted octanol–water partition coefficient (Wildman–Crippen LogP) is -0.307. The van der Waals surface area contributed by atoms with Crippen molar-refractivity contribution in [3.05, 3.63) is 36.2 Å². The number of benzene rings is 1. The first kappa shape index (κ1) is 12.7. The molecule has 1 aromatic carbocycles. The second-order valence-corrected chi connectivity index (χ2v) is 3.72. The van der Waals surface area contributed by atoms with Crippen molar-refractivity contribution in [2.45, 2.75) is 13.0 Å². The standard InChI is InChI=1S/C11H11N5O3/c1-7(10(12)17)19-11(18)8-4-2-3-5-9(8)16-6-13-14-15-16/h2-7H,1H3,(H2,12,17). The molecule has 0 spiro atoms. The van der Waals surface area contributed by atoms with Gasteiger partial charge >= 0.3 is 5.97 Å². The highest BCUT2D eigenvalue weighted by Crippen LogP contribution is 2.14. The number of amides is 1. The van der Waals surface area contributed by atoms with Crippen LogP contribution < -0.4 is 5.73 Å². The van der Waals surface area contributed by atoms with Crippen LogP contribution in [0.15, 0.2) is 30.6 Å². The summed E-state index contributed by atoms with van der Waals surface area (Å²) in [4.78, 5) is 22.9. The molecule has 98 valence electrons. The minimum Gasteiger partial charge on any atom is -0.449 e. The van der Waals surface area contributed by atoms with E-state index in [0.717, 1.165) is 0 Å². The quantitative estimate of drug-likeness (QED) is 0.755. The highest BCUT2D eigenvalue weighted by atomic mass is 16.5. The molecule has 1 heterocycles. The van der Waals surface area contributed by atoms with Crippen LogP contribution in [0.2, 0.25) is 0 Å². The fraction of sp³-hybridized carbons (Fsp3) is 0.182. The Hall–Kier alpha value is -2.77. The Balaban J connectivity index is 2.30. The molecule has 19 heavy (non-hydrogen) atoms. The summed E-state index contributed by atoms with van der Waals surface area (Å²) in [5.74, 6) is -1.38. The molecule has 0 aliphatic carbocycles. The molecular formula is C11H11N5O3. The van der Waals surface area contributed by atoms with Gasteiger partial charge in [0.05, 0.1) is 11.3 Å². The largest absolute Gasteiger partial charge is 0.449 e. The van der Waals surface area contributed by atoms with Crippen LogP contribution >= 0.6 is 0 Å². The van der Waals surface area contributed by atoms with Crippen molar-refractivity contribution in [3.63, 3.8) is 0 Å². The number of ether oxygens (including phenoxy) is 1. The molecule has 8 nitrogen and oxygen atoms in total. The third-order valence-electron chi connectivity index (χ3n) is 2.40. The van der Waals surface area contributed by atoms with Gasteiger partial charge in [0.2, 0.25) is 0 Å². The first-order valence-corrected chi connectivity index (χ1v) is 5.42. The Labute approximate surface area is 108 Å². The third kappa shape index (κ3) is 2.73. The predicted molar refractivity (Wildman–Crippen MR) is 63.2 cm³/mol. The van der Waals surface area contributed by atoms with Gasteiger partial charge in [0.1, 0.15) is 6.33 Å². The van der Waals surface area contributed by atoms with E-state index in [1.54, 1.807) is 24.3 Å². The van der Waals surface area contributed by atoms with Crippen LogP contribution in [0.25, 0.3) is 5.69 Å². The Kier molecular flexibility index (Phi) is 3.51. The lowest BCUT2D eigenvalue weighted by Gasteiger charge is -2.11. The van der Waals surface area contributed by atoms with E-state index in [2.05, 4.69) is 15.5 Å². The van der Waals surface area contributed by atoms with Gasteiger partial charge in [-0.25, -0.2) is 4.79 Å². The Morgan fingerprint density at radius 1 is 1.37 bits per heavy atom. The van der Waals surface area contributed by atoms with Gasteiger partial charge in [-0.2, -0.15) is 4.68 Å². The van der Waals surface area contributed by atoms with Gasteiger partial charge in [-0.3, -0.25) is 4.79 Å². The summed E-state index contributed by atoms with van der Waals surface area (Å²) in [7, 11) is 0. The van der Waals surface area contributed by atoms with Crippen molar-refractivity contribution in [1.29, 1.82) is 0 Å². The van der Waals surface area contributed by atoms with Crippen LogP contribution in [0.3, 0.4) is 0 Å². The number of para-hydroxylation sites is 1. The maximum absolute atomic E-state index is 12.0. The SMILES string of the molecule is CC(OC(=O)c1ccccc1-n1cnnn1)C(N)=O. The number of tetrazole rings is 1. The van der Waals surface area contributed by atoms with Gasteiger partial charge in [0.25, 0.3) is 5.91 Å². The van der Waals surface area contributed by atoms with Crippen molar-refractivity contribution >= 4 is 11.9 Å². The van der Waals surface area contributed by atoms with E-state index in [9.17, 15) is 9.59 Å². The molecule has 8 heteroatoms. The minimum absolute atomic E-state index is 0.239. The highest BCUT2D eigenvalue weighted by Gasteiger charge is 2.19. The van der Waals surface area contributed by atoms with Gasteiger partial charge in [-0.1, -0.05) is 12.1 Å². The summed E-state index contributed by atoms with van der Waals surface area (Å²) < 4.78 is 6.27. The lowest BCUT2D eigenvalue weighted by atomic mass is 10.2. The van der Waals surface area contributed by atoms with E-state index >= 15 is 0 Å². The normalized spacial score (nSPS) is 11.8. The first-order valence-electron chi connectivity index (χ1n) is 5.42. The van der Waals surface area contributed by atoms with Crippen LogP contribution in [0.5, 0.6) is 0 Å². The minimum atomic E-state index is -1.01. The van der Waals surface area contributed by atoms with Gasteiger partial charge < -0.3 is 10.5 Å². The molecule has 0 saturated carbocycles. The number of carbonyl (C=O) groups excluding carboxylic acids is 2. The molecule has 0 radical (unpaired) electrons. The maximum atomic E-state index is 12.0. The van der Waals surface area contributed by atoms with Crippen molar-refractivity contribution in [1.82, 2.24) is 20.2 Å². The van der Waals surface area contributed by atoms with Crippen molar-refractivity contribution in [2.75, 3.05) is 0 Å². The van der Waals surface area contributed by atoms with E-state index in [0.29, 0.717) is 5.69 Å². The second kappa shape index (κ2) is 5.25. The summed E-state index contributed by atoms with van der Waals surface area (Å²) in [6.07, 6.45) is 0.346. The van der Waals surface area contributed by atoms with E-state index in [4.69, 9.17) is 10.5 Å². The number of esters is 1. The average Bonchev–Trinajstić information content (AvgIpc) is 2.92. The van der Waals surface area contributed by atoms with Crippen LogP contribution in [-0.2, 0) is 9.53 Å². The van der Waals surface area contributed by atoms with Crippen LogP contribution in [0.1, 0.15) is 17.3 Å². The monoisotopic (exact) mass is 261 g/mol. The molecule has 0 fully saturated rings. The molecule has 1 atom stereocenters. The Morgan fingerprint density at radius 2 is 2.11 bits per heavy atom. The van der Waals surface area contributed by atoms with E-state index in [1.807, 2.05) is 0 Å². The first-order chi connectivity index (χ1) is 9.09. The number of nitrogens with zero attached hydrogens (tertiary/aromatic N) is 4. The van der Waals surface area contributed by atoms with E-state index in [-0.39, 0.29) is 5.56 Å². The van der Waals surface area contributed by atoms with E-state index in [1.165, 1.54) is 17.9 Å². The number of aromatic nitrogens is 4. The Bertz CT molecular complexity index is 596. The highest BCUT2D eigenvalue weighted by molar-refractivity contribution is 5.95. The van der Waals surface area contributed by atoms with Crippen molar-refractivity contribution in [2.24, 2.45) is 5.73 Å². The number of rotatable bonds is 4. The molecule has 1 unspecified atom stereocenters. The van der Waals surface area contributed by atoms with Crippen LogP contribution in [0.4, 0.5) is 0 Å². The van der Waals surface area contributed by atoms with Gasteiger partial charge in [-0.05, 0) is 29.5 Å². The zero-order valence-corrected chi connectivity index (χ0v) is 10.1. The smallest absolute Gasteiger partial charge is 0.341 e. The summed E-state index contributed by atoms with van der Waals surface area (Å²) in [6.45, 7) is 1.40. The van der Waals surface area contributed by atoms with Crippen molar-refractivity contribution < 1.29 is 14.3 Å². The molecule has 0 bridgehead atoms. The maximum Gasteiger partial charge on any atom is 0.341 e.